The maximum Gasteiger partial charge on any atom is 0.269 e. The van der Waals surface area contributed by atoms with Gasteiger partial charge in [0, 0.05) is 54.7 Å². The second kappa shape index (κ2) is 15.5. The number of hydrogen-bond donors (Lipinski definition) is 1. The van der Waals surface area contributed by atoms with Gasteiger partial charge in [-0.05, 0) is 54.4 Å². The number of benzene rings is 4. The number of nitro groups is 1. The molecule has 1 aromatic heterocycles. The van der Waals surface area contributed by atoms with Crippen molar-refractivity contribution in [3.8, 4) is 0 Å². The Balaban J connectivity index is 1.07. The van der Waals surface area contributed by atoms with Crippen molar-refractivity contribution in [1.82, 2.24) is 15.0 Å². The van der Waals surface area contributed by atoms with Crippen molar-refractivity contribution in [2.24, 2.45) is 11.0 Å². The molecule has 5 atom stereocenters. The molecule has 0 bridgehead atoms. The number of nitro benzene ring substituents is 1. The molecule has 58 heavy (non-hydrogen) atoms. The monoisotopic (exact) mass is 801 g/mol. The summed E-state index contributed by atoms with van der Waals surface area (Å²) in [5.74, 6) is -1.56. The Morgan fingerprint density at radius 3 is 2.38 bits per heavy atom. The van der Waals surface area contributed by atoms with Gasteiger partial charge < -0.3 is 18.9 Å². The van der Waals surface area contributed by atoms with Gasteiger partial charge >= 0.3 is 0 Å². The van der Waals surface area contributed by atoms with E-state index < -0.39 is 42.4 Å². The van der Waals surface area contributed by atoms with Gasteiger partial charge in [-0.2, -0.15) is 5.10 Å². The number of hydrazone groups is 1. The number of amides is 2. The second-order valence-electron chi connectivity index (χ2n) is 15.7. The van der Waals surface area contributed by atoms with Crippen LogP contribution in [-0.2, 0) is 33.0 Å². The molecule has 8 rings (SSSR count). The number of aliphatic hydroxyl groups is 1. The lowest BCUT2D eigenvalue weighted by Gasteiger charge is -2.31. The second-order valence-corrected chi connectivity index (χ2v) is 19.5. The fraction of sp³-hybridized carbons (Fsp3) is 0.326. The molecule has 1 saturated heterocycles. The van der Waals surface area contributed by atoms with Gasteiger partial charge in [0.15, 0.2) is 5.60 Å². The highest BCUT2D eigenvalue weighted by atomic mass is 28.4. The van der Waals surface area contributed by atoms with Gasteiger partial charge in [-0.3, -0.25) is 24.4 Å². The van der Waals surface area contributed by atoms with Gasteiger partial charge in [-0.25, -0.2) is 5.01 Å². The molecule has 5 aromatic rings. The summed E-state index contributed by atoms with van der Waals surface area (Å²) in [5, 5.41) is 37.0. The summed E-state index contributed by atoms with van der Waals surface area (Å²) in [4.78, 5) is 41.1. The van der Waals surface area contributed by atoms with Gasteiger partial charge in [-0.1, -0.05) is 84.9 Å². The first-order valence-corrected chi connectivity index (χ1v) is 22.4. The summed E-state index contributed by atoms with van der Waals surface area (Å²) in [6.45, 7) is 5.28. The number of carbonyl (C=O) groups excluding carboxylic acids is 2. The summed E-state index contributed by atoms with van der Waals surface area (Å²) < 4.78 is 25.0. The average molecular weight is 802 g/mol. The Labute approximate surface area is 336 Å². The number of non-ortho nitro benzene ring substituents is 1. The lowest BCUT2D eigenvalue weighted by molar-refractivity contribution is -0.385. The van der Waals surface area contributed by atoms with Crippen molar-refractivity contribution in [3.05, 3.63) is 147 Å². The summed E-state index contributed by atoms with van der Waals surface area (Å²) in [5.41, 5.74) is 2.89. The first-order valence-electron chi connectivity index (χ1n) is 19.5. The maximum atomic E-state index is 16.5. The van der Waals surface area contributed by atoms with Crippen LogP contribution in [0.2, 0.25) is 18.6 Å². The standard InChI is InChI=1S/C43H44FN7O6Si/c1-28-41(58(2,3)44)39(22-23-48-26-37(45-47-48)34(27-52)30-10-6-4-7-11-30)57-43(28)35-24-33(51(55)56)18-20-38(35)49(42(43)54)25-29-14-16-32(17-15-29)50-40(53)21-19-36(46-50)31-12-8-5-9-13-31/h4-18,20,24,26,28,34,39,41,52H,19,21-23,25,27H2,1-3H3/t28-,34?,39+,41-,43+/m0/s1. The van der Waals surface area contributed by atoms with Crippen molar-refractivity contribution in [2.45, 2.75) is 75.5 Å². The lowest BCUT2D eigenvalue weighted by atomic mass is 9.82. The largest absolute Gasteiger partial charge is 0.395 e. The summed E-state index contributed by atoms with van der Waals surface area (Å²) in [6.07, 6.45) is 2.21. The molecule has 1 spiro atoms. The van der Waals surface area contributed by atoms with Gasteiger partial charge in [0.25, 0.3) is 11.6 Å². The molecule has 0 aliphatic carbocycles. The van der Waals surface area contributed by atoms with Crippen molar-refractivity contribution < 1.29 is 28.5 Å². The predicted octanol–water partition coefficient (Wildman–Crippen LogP) is 7.25. The summed E-state index contributed by atoms with van der Waals surface area (Å²) in [6, 6.07) is 30.8. The molecule has 298 valence electrons. The maximum absolute atomic E-state index is 16.5. The van der Waals surface area contributed by atoms with Gasteiger partial charge in [-0.15, -0.1) is 5.10 Å². The number of carbonyl (C=O) groups is 2. The molecule has 0 radical (unpaired) electrons. The SMILES string of the molecule is C[C@H]1[C@H]([Si](C)(C)F)[C@@H](CCn2cc(C(CO)c3ccccc3)nn2)O[C@]12C(=O)N(Cc1ccc(N3N=C(c4ccccc4)CCC3=O)cc1)c1ccc([N+](=O)[O-])cc12. The number of anilines is 2. The number of aryl methyl sites for hydroxylation is 1. The molecule has 0 saturated carbocycles. The number of nitrogens with zero attached hydrogens (tertiary/aromatic N) is 7. The highest BCUT2D eigenvalue weighted by Gasteiger charge is 2.67. The van der Waals surface area contributed by atoms with Crippen LogP contribution in [0.5, 0.6) is 0 Å². The third-order valence-electron chi connectivity index (χ3n) is 11.8. The van der Waals surface area contributed by atoms with E-state index in [1.165, 1.54) is 17.1 Å². The number of fused-ring (bicyclic) bond motifs is 2. The molecule has 3 aliphatic rings. The molecule has 13 nitrogen and oxygen atoms in total. The smallest absolute Gasteiger partial charge is 0.269 e. The molecule has 4 heterocycles. The van der Waals surface area contributed by atoms with Crippen LogP contribution >= 0.6 is 0 Å². The van der Waals surface area contributed by atoms with Crippen molar-refractivity contribution in [2.75, 3.05) is 16.5 Å². The first kappa shape index (κ1) is 38.9. The van der Waals surface area contributed by atoms with Crippen LogP contribution in [0.15, 0.2) is 114 Å². The zero-order chi connectivity index (χ0) is 40.8. The van der Waals surface area contributed by atoms with Crippen LogP contribution in [0.4, 0.5) is 21.2 Å². The van der Waals surface area contributed by atoms with E-state index in [0.29, 0.717) is 48.4 Å². The van der Waals surface area contributed by atoms with E-state index in [9.17, 15) is 24.8 Å². The van der Waals surface area contributed by atoms with E-state index in [0.717, 1.165) is 22.4 Å². The number of halogens is 1. The number of ether oxygens (including phenoxy) is 1. The highest BCUT2D eigenvalue weighted by Crippen LogP contribution is 2.60. The van der Waals surface area contributed by atoms with Crippen molar-refractivity contribution in [1.29, 1.82) is 0 Å². The van der Waals surface area contributed by atoms with Crippen LogP contribution in [-0.4, -0.2) is 63.7 Å². The average Bonchev–Trinajstić information content (AvgIpc) is 3.88. The minimum absolute atomic E-state index is 0.106. The molecule has 4 aromatic carbocycles. The van der Waals surface area contributed by atoms with Gasteiger partial charge in [0.05, 0.1) is 52.9 Å². The highest BCUT2D eigenvalue weighted by molar-refractivity contribution is 6.72. The van der Waals surface area contributed by atoms with E-state index in [2.05, 4.69) is 15.4 Å². The predicted molar refractivity (Wildman–Crippen MR) is 218 cm³/mol. The molecule has 15 heteroatoms. The van der Waals surface area contributed by atoms with Crippen molar-refractivity contribution >= 4 is 43.0 Å². The quantitative estimate of drug-likeness (QED) is 0.0599. The molecule has 3 aliphatic heterocycles. The molecular weight excluding hydrogens is 758 g/mol. The van der Waals surface area contributed by atoms with E-state index in [1.807, 2.05) is 79.7 Å². The molecule has 1 unspecified atom stereocenters. The third-order valence-corrected chi connectivity index (χ3v) is 14.2. The van der Waals surface area contributed by atoms with E-state index >= 15 is 4.11 Å². The Morgan fingerprint density at radius 2 is 1.71 bits per heavy atom. The summed E-state index contributed by atoms with van der Waals surface area (Å²) in [7, 11) is -3.53. The Hall–Kier alpha value is -5.90. The van der Waals surface area contributed by atoms with Crippen LogP contribution in [0, 0.1) is 16.0 Å². The number of rotatable bonds is 12. The van der Waals surface area contributed by atoms with E-state index in [1.54, 1.807) is 47.1 Å². The molecule has 2 amide bonds. The van der Waals surface area contributed by atoms with Gasteiger partial charge in [0.2, 0.25) is 14.3 Å². The Bertz CT molecular complexity index is 2370. The van der Waals surface area contributed by atoms with E-state index in [4.69, 9.17) is 4.74 Å². The normalized spacial score (nSPS) is 22.4. The van der Waals surface area contributed by atoms with Crippen LogP contribution in [0.1, 0.15) is 60.1 Å². The Morgan fingerprint density at radius 1 is 1.00 bits per heavy atom. The molecule has 1 fully saturated rings. The van der Waals surface area contributed by atoms with Crippen LogP contribution < -0.4 is 9.91 Å². The van der Waals surface area contributed by atoms with E-state index in [-0.39, 0.29) is 30.7 Å². The number of aliphatic hydroxyl groups excluding tert-OH is 1. The molecular formula is C43H44FN7O6Si. The van der Waals surface area contributed by atoms with Gasteiger partial charge in [0.1, 0.15) is 0 Å². The van der Waals surface area contributed by atoms with Crippen molar-refractivity contribution in [3.63, 3.8) is 0 Å². The minimum Gasteiger partial charge on any atom is -0.395 e. The first-order chi connectivity index (χ1) is 27.9. The number of aromatic nitrogens is 3. The molecule has 1 N–H and O–H groups in total. The van der Waals surface area contributed by atoms with Crippen LogP contribution in [0.25, 0.3) is 0 Å². The lowest BCUT2D eigenvalue weighted by Crippen LogP contribution is -2.45. The number of hydrogen-bond acceptors (Lipinski definition) is 9. The zero-order valence-corrected chi connectivity index (χ0v) is 33.4. The third kappa shape index (κ3) is 7.03. The fourth-order valence-corrected chi connectivity index (χ4v) is 11.5. The van der Waals surface area contributed by atoms with Crippen LogP contribution in [0.3, 0.4) is 0 Å². The summed E-state index contributed by atoms with van der Waals surface area (Å²) >= 11 is 0. The topological polar surface area (TPSA) is 156 Å². The Kier molecular flexibility index (Phi) is 10.4. The minimum atomic E-state index is -3.53. The fourth-order valence-electron chi connectivity index (χ4n) is 8.99. The zero-order valence-electron chi connectivity index (χ0n) is 32.4.